The Morgan fingerprint density at radius 3 is 2.28 bits per heavy atom. The van der Waals surface area contributed by atoms with Crippen LogP contribution in [0.15, 0.2) is 46.6 Å². The molecule has 0 bridgehead atoms. The lowest BCUT2D eigenvalue weighted by atomic mass is 10.2. The van der Waals surface area contributed by atoms with Crippen molar-refractivity contribution in [3.8, 4) is 5.69 Å². The van der Waals surface area contributed by atoms with Crippen LogP contribution in [0, 0.1) is 6.92 Å². The first kappa shape index (κ1) is 19.6. The van der Waals surface area contributed by atoms with Gasteiger partial charge < -0.3 is 9.64 Å². The number of anilines is 1. The van der Waals surface area contributed by atoms with Crippen LogP contribution >= 0.6 is 11.8 Å². The molecule has 152 valence electrons. The molecule has 4 rings (SSSR count). The molecule has 1 aliphatic heterocycles. The zero-order valence-electron chi connectivity index (χ0n) is 15.4. The average Bonchev–Trinajstić information content (AvgIpc) is 3.12. The van der Waals surface area contributed by atoms with Crippen LogP contribution in [0.1, 0.15) is 11.3 Å². The van der Waals surface area contributed by atoms with Crippen molar-refractivity contribution >= 4 is 17.7 Å². The number of rotatable bonds is 4. The van der Waals surface area contributed by atoms with Crippen molar-refractivity contribution in [3.05, 3.63) is 47.7 Å². The number of halogens is 3. The Morgan fingerprint density at radius 1 is 0.931 bits per heavy atom. The van der Waals surface area contributed by atoms with Crippen molar-refractivity contribution in [2.24, 2.45) is 0 Å². The molecular weight excluding hydrogens is 405 g/mol. The van der Waals surface area contributed by atoms with E-state index in [1.165, 1.54) is 6.07 Å². The van der Waals surface area contributed by atoms with Gasteiger partial charge in [-0.25, -0.2) is 0 Å². The van der Waals surface area contributed by atoms with Gasteiger partial charge in [0.05, 0.1) is 18.9 Å². The summed E-state index contributed by atoms with van der Waals surface area (Å²) in [6, 6.07) is 10.0. The van der Waals surface area contributed by atoms with Gasteiger partial charge in [-0.05, 0) is 43.0 Å². The van der Waals surface area contributed by atoms with Gasteiger partial charge in [-0.1, -0.05) is 17.7 Å². The largest absolute Gasteiger partial charge is 0.435 e. The molecule has 3 aromatic rings. The number of nitrogens with zero attached hydrogens (tertiary/aromatic N) is 6. The molecule has 0 spiro atoms. The molecule has 11 heteroatoms. The summed E-state index contributed by atoms with van der Waals surface area (Å²) in [6.07, 6.45) is -4.53. The zero-order valence-corrected chi connectivity index (χ0v) is 16.2. The fraction of sp³-hybridized carbons (Fsp3) is 0.333. The van der Waals surface area contributed by atoms with Crippen molar-refractivity contribution < 1.29 is 17.9 Å². The number of ether oxygens (including phenoxy) is 1. The maximum atomic E-state index is 12.7. The van der Waals surface area contributed by atoms with Crippen LogP contribution < -0.4 is 4.90 Å². The molecular formula is C18H17F3N6OS. The smallest absolute Gasteiger partial charge is 0.378 e. The molecule has 3 heterocycles. The predicted molar refractivity (Wildman–Crippen MR) is 100 cm³/mol. The van der Waals surface area contributed by atoms with Crippen LogP contribution in [-0.4, -0.2) is 51.3 Å². The quantitative estimate of drug-likeness (QED) is 0.639. The minimum atomic E-state index is -4.53. The van der Waals surface area contributed by atoms with E-state index in [4.69, 9.17) is 4.74 Å². The minimum Gasteiger partial charge on any atom is -0.378 e. The lowest BCUT2D eigenvalue weighted by Crippen LogP contribution is -2.37. The summed E-state index contributed by atoms with van der Waals surface area (Å²) in [4.78, 5) is 2.07. The van der Waals surface area contributed by atoms with E-state index in [0.717, 1.165) is 29.1 Å². The van der Waals surface area contributed by atoms with Crippen LogP contribution in [0.2, 0.25) is 0 Å². The van der Waals surface area contributed by atoms with E-state index in [-0.39, 0.29) is 0 Å². The Balaban J connectivity index is 1.69. The normalized spacial score (nSPS) is 15.0. The summed E-state index contributed by atoms with van der Waals surface area (Å²) in [5.74, 6) is 0.652. The monoisotopic (exact) mass is 422 g/mol. The summed E-state index contributed by atoms with van der Waals surface area (Å²) in [5, 5.41) is 16.3. The summed E-state index contributed by atoms with van der Waals surface area (Å²) in [5.41, 5.74) is 0.929. The van der Waals surface area contributed by atoms with E-state index < -0.39 is 11.9 Å². The highest BCUT2D eigenvalue weighted by molar-refractivity contribution is 7.99. The highest BCUT2D eigenvalue weighted by atomic mass is 32.2. The molecule has 0 saturated carbocycles. The van der Waals surface area contributed by atoms with Crippen molar-refractivity contribution in [1.29, 1.82) is 0 Å². The van der Waals surface area contributed by atoms with Crippen molar-refractivity contribution in [3.63, 3.8) is 0 Å². The predicted octanol–water partition coefficient (Wildman–Crippen LogP) is 3.37. The third-order valence-electron chi connectivity index (χ3n) is 4.33. The van der Waals surface area contributed by atoms with Crippen molar-refractivity contribution in [2.75, 3.05) is 31.2 Å². The maximum absolute atomic E-state index is 12.7. The Kier molecular flexibility index (Phi) is 5.41. The standard InChI is InChI=1S/C18H17F3N6OS/c1-12-2-4-13(5-3-12)27-16(26-8-10-28-11-9-26)24-25-17(27)29-15-7-6-14(22-23-15)18(19,20)21/h2-7H,8-11H2,1H3. The van der Waals surface area contributed by atoms with Gasteiger partial charge in [0.25, 0.3) is 0 Å². The Hall–Kier alpha value is -2.66. The first-order valence-electron chi connectivity index (χ1n) is 8.86. The van der Waals surface area contributed by atoms with Gasteiger partial charge in [0.2, 0.25) is 11.1 Å². The summed E-state index contributed by atoms with van der Waals surface area (Å²) in [7, 11) is 0. The lowest BCUT2D eigenvalue weighted by molar-refractivity contribution is -0.141. The zero-order chi connectivity index (χ0) is 20.4. The van der Waals surface area contributed by atoms with E-state index in [2.05, 4.69) is 25.3 Å². The second kappa shape index (κ2) is 7.99. The van der Waals surface area contributed by atoms with Gasteiger partial charge >= 0.3 is 6.18 Å². The van der Waals surface area contributed by atoms with Crippen LogP contribution in [0.4, 0.5) is 19.1 Å². The SMILES string of the molecule is Cc1ccc(-n2c(Sc3ccc(C(F)(F)F)nn3)nnc2N2CCOCC2)cc1. The molecule has 1 aliphatic rings. The molecule has 0 amide bonds. The minimum absolute atomic E-state index is 0.298. The molecule has 1 aromatic carbocycles. The number of hydrogen-bond acceptors (Lipinski definition) is 7. The van der Waals surface area contributed by atoms with E-state index >= 15 is 0 Å². The highest BCUT2D eigenvalue weighted by Crippen LogP contribution is 2.32. The first-order chi connectivity index (χ1) is 13.9. The van der Waals surface area contributed by atoms with Crippen LogP contribution in [0.3, 0.4) is 0 Å². The van der Waals surface area contributed by atoms with E-state index in [1.54, 1.807) is 0 Å². The number of morpholine rings is 1. The topological polar surface area (TPSA) is 69.0 Å². The second-order valence-electron chi connectivity index (χ2n) is 6.41. The summed E-state index contributed by atoms with van der Waals surface area (Å²) >= 11 is 1.11. The number of benzene rings is 1. The lowest BCUT2D eigenvalue weighted by Gasteiger charge is -2.27. The van der Waals surface area contributed by atoms with Crippen molar-refractivity contribution in [2.45, 2.75) is 23.3 Å². The number of aromatic nitrogens is 5. The van der Waals surface area contributed by atoms with Crippen LogP contribution in [0.5, 0.6) is 0 Å². The average molecular weight is 422 g/mol. The fourth-order valence-electron chi connectivity index (χ4n) is 2.84. The summed E-state index contributed by atoms with van der Waals surface area (Å²) in [6.45, 7) is 4.52. The van der Waals surface area contributed by atoms with E-state index in [9.17, 15) is 13.2 Å². The number of aryl methyl sites for hydroxylation is 1. The molecule has 0 radical (unpaired) electrons. The van der Waals surface area contributed by atoms with Gasteiger partial charge in [0, 0.05) is 13.1 Å². The molecule has 0 unspecified atom stereocenters. The molecule has 1 fully saturated rings. The van der Waals surface area contributed by atoms with Gasteiger partial charge in [0.15, 0.2) is 5.69 Å². The van der Waals surface area contributed by atoms with Gasteiger partial charge in [-0.3, -0.25) is 4.57 Å². The van der Waals surface area contributed by atoms with Gasteiger partial charge in [-0.2, -0.15) is 13.2 Å². The Bertz CT molecular complexity index is 969. The third kappa shape index (κ3) is 4.35. The number of alkyl halides is 3. The Labute approximate surface area is 168 Å². The van der Waals surface area contributed by atoms with Crippen molar-refractivity contribution in [1.82, 2.24) is 25.0 Å². The fourth-order valence-corrected chi connectivity index (χ4v) is 3.60. The second-order valence-corrected chi connectivity index (χ2v) is 7.40. The van der Waals surface area contributed by atoms with E-state index in [0.29, 0.717) is 42.4 Å². The Morgan fingerprint density at radius 2 is 1.66 bits per heavy atom. The molecule has 2 aromatic heterocycles. The first-order valence-corrected chi connectivity index (χ1v) is 9.67. The third-order valence-corrected chi connectivity index (χ3v) is 5.20. The van der Waals surface area contributed by atoms with Crippen LogP contribution in [-0.2, 0) is 10.9 Å². The van der Waals surface area contributed by atoms with Gasteiger partial charge in [0.1, 0.15) is 5.03 Å². The summed E-state index contributed by atoms with van der Waals surface area (Å²) < 4.78 is 45.4. The molecule has 0 atom stereocenters. The molecule has 0 N–H and O–H groups in total. The van der Waals surface area contributed by atoms with Crippen LogP contribution in [0.25, 0.3) is 5.69 Å². The van der Waals surface area contributed by atoms with E-state index in [1.807, 2.05) is 35.8 Å². The maximum Gasteiger partial charge on any atom is 0.435 e. The molecule has 7 nitrogen and oxygen atoms in total. The molecule has 29 heavy (non-hydrogen) atoms. The molecule has 0 aliphatic carbocycles. The van der Waals surface area contributed by atoms with Gasteiger partial charge in [-0.15, -0.1) is 20.4 Å². The number of hydrogen-bond donors (Lipinski definition) is 0. The highest BCUT2D eigenvalue weighted by Gasteiger charge is 2.33. The molecule has 1 saturated heterocycles.